The molecule has 0 spiro atoms. The average Bonchev–Trinajstić information content (AvgIpc) is 3.03. The molecule has 1 saturated carbocycles. The van der Waals surface area contributed by atoms with E-state index in [9.17, 15) is 14.0 Å². The molecule has 2 aromatic rings. The number of nitrogens with zero attached hydrogens (tertiary/aromatic N) is 2. The molecule has 170 valence electrons. The number of para-hydroxylation sites is 1. The standard InChI is InChI=1S/C23H29FN6O2/c1-14-26-13-16(22(31)28-20-10-6-5-8-17(20)24)18(27-14)11-12-25-23(32)21-15-7-3-2-4-9-19(15)29-30-21/h5-6,8,10,13,15,19,21,29-30H,2-4,7,9,11-12H2,1H3,(H,25,32)(H,28,31). The maximum atomic E-state index is 13.9. The van der Waals surface area contributed by atoms with E-state index >= 15 is 0 Å². The lowest BCUT2D eigenvalue weighted by atomic mass is 9.90. The van der Waals surface area contributed by atoms with Gasteiger partial charge in [0.05, 0.1) is 16.9 Å². The van der Waals surface area contributed by atoms with E-state index in [0.29, 0.717) is 36.4 Å². The van der Waals surface area contributed by atoms with E-state index in [2.05, 4.69) is 31.5 Å². The van der Waals surface area contributed by atoms with Crippen molar-refractivity contribution in [1.82, 2.24) is 26.1 Å². The zero-order valence-electron chi connectivity index (χ0n) is 18.2. The van der Waals surface area contributed by atoms with E-state index in [4.69, 9.17) is 0 Å². The van der Waals surface area contributed by atoms with Gasteiger partial charge in [-0.15, -0.1) is 0 Å². The Balaban J connectivity index is 1.38. The third-order valence-electron chi connectivity index (χ3n) is 6.22. The molecular weight excluding hydrogens is 411 g/mol. The predicted octanol–water partition coefficient (Wildman–Crippen LogP) is 2.26. The minimum atomic E-state index is -0.516. The number of amides is 2. The average molecular weight is 441 g/mol. The molecule has 1 aromatic carbocycles. The van der Waals surface area contributed by atoms with Gasteiger partial charge in [0, 0.05) is 31.1 Å². The molecule has 2 amide bonds. The van der Waals surface area contributed by atoms with Crippen LogP contribution in [0, 0.1) is 18.7 Å². The van der Waals surface area contributed by atoms with Gasteiger partial charge in [-0.2, -0.15) is 0 Å². The van der Waals surface area contributed by atoms with Crippen LogP contribution in [-0.4, -0.2) is 40.4 Å². The summed E-state index contributed by atoms with van der Waals surface area (Å²) >= 11 is 0. The van der Waals surface area contributed by atoms with Crippen LogP contribution in [0.3, 0.4) is 0 Å². The Labute approximate surface area is 186 Å². The van der Waals surface area contributed by atoms with E-state index < -0.39 is 11.7 Å². The molecule has 0 radical (unpaired) electrons. The van der Waals surface area contributed by atoms with Gasteiger partial charge in [-0.1, -0.05) is 31.4 Å². The van der Waals surface area contributed by atoms with Crippen LogP contribution in [0.2, 0.25) is 0 Å². The fourth-order valence-electron chi connectivity index (χ4n) is 4.54. The number of hydrazine groups is 1. The zero-order chi connectivity index (χ0) is 22.5. The summed E-state index contributed by atoms with van der Waals surface area (Å²) in [5.74, 6) is -0.232. The summed E-state index contributed by atoms with van der Waals surface area (Å²) in [6.45, 7) is 2.08. The summed E-state index contributed by atoms with van der Waals surface area (Å²) in [6, 6.07) is 6.06. The first-order valence-corrected chi connectivity index (χ1v) is 11.2. The van der Waals surface area contributed by atoms with Crippen molar-refractivity contribution < 1.29 is 14.0 Å². The molecule has 32 heavy (non-hydrogen) atoms. The lowest BCUT2D eigenvalue weighted by Crippen LogP contribution is -2.46. The first-order chi connectivity index (χ1) is 15.5. The fourth-order valence-corrected chi connectivity index (χ4v) is 4.54. The van der Waals surface area contributed by atoms with Gasteiger partial charge in [-0.05, 0) is 31.9 Å². The molecule has 8 nitrogen and oxygen atoms in total. The molecule has 1 aliphatic carbocycles. The van der Waals surface area contributed by atoms with E-state index in [0.717, 1.165) is 19.3 Å². The van der Waals surface area contributed by atoms with Crippen molar-refractivity contribution >= 4 is 17.5 Å². The predicted molar refractivity (Wildman–Crippen MR) is 118 cm³/mol. The smallest absolute Gasteiger partial charge is 0.259 e. The topological polar surface area (TPSA) is 108 Å². The van der Waals surface area contributed by atoms with Gasteiger partial charge in [0.2, 0.25) is 5.91 Å². The molecule has 1 aliphatic heterocycles. The summed E-state index contributed by atoms with van der Waals surface area (Å²) in [5.41, 5.74) is 7.31. The number of fused-ring (bicyclic) bond motifs is 1. The number of carbonyl (C=O) groups is 2. The van der Waals surface area contributed by atoms with E-state index in [1.165, 1.54) is 31.2 Å². The molecule has 1 saturated heterocycles. The Hall–Kier alpha value is -2.91. The molecule has 3 unspecified atom stereocenters. The first kappa shape index (κ1) is 22.3. The van der Waals surface area contributed by atoms with Crippen molar-refractivity contribution in [3.8, 4) is 0 Å². The van der Waals surface area contributed by atoms with Crippen LogP contribution >= 0.6 is 0 Å². The molecule has 4 N–H and O–H groups in total. The van der Waals surface area contributed by atoms with Gasteiger partial charge in [0.25, 0.3) is 5.91 Å². The van der Waals surface area contributed by atoms with E-state index in [-0.39, 0.29) is 23.2 Å². The van der Waals surface area contributed by atoms with E-state index in [1.807, 2.05) is 0 Å². The van der Waals surface area contributed by atoms with Crippen molar-refractivity contribution in [3.05, 3.63) is 53.4 Å². The first-order valence-electron chi connectivity index (χ1n) is 11.2. The highest BCUT2D eigenvalue weighted by Gasteiger charge is 2.39. The summed E-state index contributed by atoms with van der Waals surface area (Å²) < 4.78 is 13.9. The van der Waals surface area contributed by atoms with Crippen LogP contribution in [-0.2, 0) is 11.2 Å². The Morgan fingerprint density at radius 3 is 2.81 bits per heavy atom. The maximum Gasteiger partial charge on any atom is 0.259 e. The molecular formula is C23H29FN6O2. The van der Waals surface area contributed by atoms with Gasteiger partial charge < -0.3 is 10.6 Å². The number of aryl methyl sites for hydroxylation is 1. The minimum Gasteiger partial charge on any atom is -0.354 e. The van der Waals surface area contributed by atoms with Crippen LogP contribution in [0.5, 0.6) is 0 Å². The second-order valence-electron chi connectivity index (χ2n) is 8.43. The third kappa shape index (κ3) is 5.11. The highest BCUT2D eigenvalue weighted by Crippen LogP contribution is 2.29. The SMILES string of the molecule is Cc1ncc(C(=O)Nc2ccccc2F)c(CCNC(=O)C2NNC3CCCCCC32)n1. The van der Waals surface area contributed by atoms with E-state index in [1.54, 1.807) is 19.1 Å². The van der Waals surface area contributed by atoms with Gasteiger partial charge in [-0.25, -0.2) is 19.8 Å². The number of benzene rings is 1. The zero-order valence-corrected chi connectivity index (χ0v) is 18.2. The number of aromatic nitrogens is 2. The highest BCUT2D eigenvalue weighted by atomic mass is 19.1. The Morgan fingerprint density at radius 2 is 1.97 bits per heavy atom. The Morgan fingerprint density at radius 1 is 1.16 bits per heavy atom. The summed E-state index contributed by atoms with van der Waals surface area (Å²) in [7, 11) is 0. The normalized spacial score (nSPS) is 22.6. The second-order valence-corrected chi connectivity index (χ2v) is 8.43. The molecule has 4 rings (SSSR count). The number of halogens is 1. The summed E-state index contributed by atoms with van der Waals surface area (Å²) in [6.07, 6.45) is 7.48. The fraction of sp³-hybridized carbons (Fsp3) is 0.478. The number of rotatable bonds is 6. The quantitative estimate of drug-likeness (QED) is 0.549. The number of nitrogens with one attached hydrogen (secondary N) is 4. The van der Waals surface area contributed by atoms with Crippen LogP contribution in [0.1, 0.15) is 54.0 Å². The lowest BCUT2D eigenvalue weighted by Gasteiger charge is -2.20. The molecule has 2 heterocycles. The monoisotopic (exact) mass is 440 g/mol. The molecule has 3 atom stereocenters. The van der Waals surface area contributed by atoms with Gasteiger partial charge in [-0.3, -0.25) is 15.0 Å². The van der Waals surface area contributed by atoms with Crippen LogP contribution < -0.4 is 21.5 Å². The van der Waals surface area contributed by atoms with Crippen molar-refractivity contribution in [3.63, 3.8) is 0 Å². The Kier molecular flexibility index (Phi) is 7.06. The number of hydrogen-bond donors (Lipinski definition) is 4. The van der Waals surface area contributed by atoms with Crippen molar-refractivity contribution in [2.24, 2.45) is 5.92 Å². The third-order valence-corrected chi connectivity index (χ3v) is 6.22. The van der Waals surface area contributed by atoms with Crippen LogP contribution in [0.25, 0.3) is 0 Å². The maximum absolute atomic E-state index is 13.9. The highest BCUT2D eigenvalue weighted by molar-refractivity contribution is 6.04. The van der Waals surface area contributed by atoms with Crippen LogP contribution in [0.15, 0.2) is 30.5 Å². The molecule has 9 heteroatoms. The molecule has 1 aromatic heterocycles. The molecule has 2 fully saturated rings. The Bertz CT molecular complexity index is 985. The largest absolute Gasteiger partial charge is 0.354 e. The molecule has 2 aliphatic rings. The summed E-state index contributed by atoms with van der Waals surface area (Å²) in [4.78, 5) is 34.0. The number of carbonyl (C=O) groups excluding carboxylic acids is 2. The van der Waals surface area contributed by atoms with Crippen LogP contribution in [0.4, 0.5) is 10.1 Å². The van der Waals surface area contributed by atoms with Crippen molar-refractivity contribution in [2.75, 3.05) is 11.9 Å². The van der Waals surface area contributed by atoms with Gasteiger partial charge in [0.1, 0.15) is 17.7 Å². The minimum absolute atomic E-state index is 0.0463. The van der Waals surface area contributed by atoms with Crippen molar-refractivity contribution in [2.45, 2.75) is 57.5 Å². The number of hydrogen-bond acceptors (Lipinski definition) is 6. The molecule has 0 bridgehead atoms. The second kappa shape index (κ2) is 10.1. The lowest BCUT2D eigenvalue weighted by molar-refractivity contribution is -0.123. The van der Waals surface area contributed by atoms with Gasteiger partial charge >= 0.3 is 0 Å². The van der Waals surface area contributed by atoms with Gasteiger partial charge in [0.15, 0.2) is 0 Å². The summed E-state index contributed by atoms with van der Waals surface area (Å²) in [5, 5.41) is 5.55. The van der Waals surface area contributed by atoms with Crippen molar-refractivity contribution in [1.29, 1.82) is 0 Å². The number of anilines is 1.